The summed E-state index contributed by atoms with van der Waals surface area (Å²) in [5, 5.41) is 9.10. The van der Waals surface area contributed by atoms with E-state index >= 15 is 0 Å². The van der Waals surface area contributed by atoms with E-state index in [4.69, 9.17) is 11.6 Å². The van der Waals surface area contributed by atoms with Crippen molar-refractivity contribution in [1.29, 1.82) is 0 Å². The summed E-state index contributed by atoms with van der Waals surface area (Å²) in [6.07, 6.45) is 1.84. The quantitative estimate of drug-likeness (QED) is 0.676. The van der Waals surface area contributed by atoms with Crippen molar-refractivity contribution in [3.05, 3.63) is 71.8 Å². The molecule has 1 heterocycles. The second kappa shape index (κ2) is 4.86. The molecule has 1 aromatic heterocycles. The van der Waals surface area contributed by atoms with Crippen molar-refractivity contribution in [1.82, 2.24) is 15.0 Å². The number of allylic oxidation sites excluding steroid dienone is 1. The standard InChI is InChI=1S/C15H12ClN3/c1-2-14(11-6-5-7-12(16)10-11)19-15-9-4-3-8-13(15)17-18-19/h2-10,14H,1H2. The number of halogens is 1. The van der Waals surface area contributed by atoms with Gasteiger partial charge in [-0.1, -0.05) is 47.2 Å². The van der Waals surface area contributed by atoms with Crippen LogP contribution in [0.1, 0.15) is 11.6 Å². The van der Waals surface area contributed by atoms with E-state index in [1.54, 1.807) is 0 Å². The molecule has 0 aliphatic rings. The second-order valence-corrected chi connectivity index (χ2v) is 4.69. The van der Waals surface area contributed by atoms with Gasteiger partial charge >= 0.3 is 0 Å². The van der Waals surface area contributed by atoms with Crippen LogP contribution in [0.4, 0.5) is 0 Å². The topological polar surface area (TPSA) is 30.7 Å². The third-order valence-corrected chi connectivity index (χ3v) is 3.29. The van der Waals surface area contributed by atoms with Gasteiger partial charge in [-0.3, -0.25) is 0 Å². The Kier molecular flexibility index (Phi) is 3.05. The van der Waals surface area contributed by atoms with E-state index in [1.807, 2.05) is 59.3 Å². The summed E-state index contributed by atoms with van der Waals surface area (Å²) >= 11 is 6.05. The highest BCUT2D eigenvalue weighted by atomic mass is 35.5. The molecule has 1 unspecified atom stereocenters. The normalized spacial score (nSPS) is 12.5. The lowest BCUT2D eigenvalue weighted by atomic mass is 10.1. The minimum atomic E-state index is -0.0777. The van der Waals surface area contributed by atoms with Gasteiger partial charge in [-0.05, 0) is 29.8 Å². The largest absolute Gasteiger partial charge is 0.233 e. The van der Waals surface area contributed by atoms with E-state index in [0.29, 0.717) is 5.02 Å². The fourth-order valence-corrected chi connectivity index (χ4v) is 2.36. The van der Waals surface area contributed by atoms with Crippen molar-refractivity contribution in [2.45, 2.75) is 6.04 Å². The Morgan fingerprint density at radius 1 is 1.16 bits per heavy atom. The van der Waals surface area contributed by atoms with Crippen molar-refractivity contribution in [2.75, 3.05) is 0 Å². The predicted octanol–water partition coefficient (Wildman–Crippen LogP) is 3.86. The summed E-state index contributed by atoms with van der Waals surface area (Å²) in [5.41, 5.74) is 2.89. The first-order chi connectivity index (χ1) is 9.29. The van der Waals surface area contributed by atoms with Crippen molar-refractivity contribution in [3.8, 4) is 0 Å². The fraction of sp³-hybridized carbons (Fsp3) is 0.0667. The molecule has 3 aromatic rings. The zero-order valence-corrected chi connectivity index (χ0v) is 11.0. The third kappa shape index (κ3) is 2.13. The van der Waals surface area contributed by atoms with E-state index < -0.39 is 0 Å². The SMILES string of the molecule is C=CC(c1cccc(Cl)c1)n1nnc2ccccc21. The summed E-state index contributed by atoms with van der Waals surface area (Å²) in [4.78, 5) is 0. The van der Waals surface area contributed by atoms with Gasteiger partial charge in [-0.15, -0.1) is 11.7 Å². The molecule has 0 bridgehead atoms. The number of benzene rings is 2. The van der Waals surface area contributed by atoms with E-state index in [-0.39, 0.29) is 6.04 Å². The predicted molar refractivity (Wildman–Crippen MR) is 77.3 cm³/mol. The summed E-state index contributed by atoms with van der Waals surface area (Å²) in [6.45, 7) is 3.90. The number of hydrogen-bond acceptors (Lipinski definition) is 2. The number of aromatic nitrogens is 3. The molecular formula is C15H12ClN3. The smallest absolute Gasteiger partial charge is 0.113 e. The molecule has 0 fully saturated rings. The molecular weight excluding hydrogens is 258 g/mol. The first-order valence-electron chi connectivity index (χ1n) is 5.97. The van der Waals surface area contributed by atoms with Gasteiger partial charge < -0.3 is 0 Å². The second-order valence-electron chi connectivity index (χ2n) is 4.26. The Balaban J connectivity index is 2.15. The molecule has 1 atom stereocenters. The van der Waals surface area contributed by atoms with Crippen LogP contribution in [-0.4, -0.2) is 15.0 Å². The summed E-state index contributed by atoms with van der Waals surface area (Å²) < 4.78 is 1.86. The molecule has 3 nitrogen and oxygen atoms in total. The molecule has 0 aliphatic heterocycles. The van der Waals surface area contributed by atoms with Gasteiger partial charge in [0, 0.05) is 5.02 Å². The molecule has 2 aromatic carbocycles. The van der Waals surface area contributed by atoms with Crippen LogP contribution in [0.25, 0.3) is 11.0 Å². The molecule has 0 amide bonds. The highest BCUT2D eigenvalue weighted by molar-refractivity contribution is 6.30. The monoisotopic (exact) mass is 269 g/mol. The van der Waals surface area contributed by atoms with Crippen molar-refractivity contribution >= 4 is 22.6 Å². The van der Waals surface area contributed by atoms with Gasteiger partial charge in [0.15, 0.2) is 0 Å². The molecule has 3 rings (SSSR count). The molecule has 4 heteroatoms. The van der Waals surface area contributed by atoms with Gasteiger partial charge in [-0.25, -0.2) is 4.68 Å². The third-order valence-electron chi connectivity index (χ3n) is 3.05. The first-order valence-corrected chi connectivity index (χ1v) is 6.35. The van der Waals surface area contributed by atoms with Gasteiger partial charge in [0.25, 0.3) is 0 Å². The van der Waals surface area contributed by atoms with Crippen LogP contribution in [0.2, 0.25) is 5.02 Å². The van der Waals surface area contributed by atoms with Gasteiger partial charge in [0.2, 0.25) is 0 Å². The lowest BCUT2D eigenvalue weighted by molar-refractivity contribution is 0.604. The van der Waals surface area contributed by atoms with Crippen LogP contribution in [0.15, 0.2) is 61.2 Å². The number of rotatable bonds is 3. The van der Waals surface area contributed by atoms with Crippen molar-refractivity contribution in [3.63, 3.8) is 0 Å². The van der Waals surface area contributed by atoms with Crippen LogP contribution in [0, 0.1) is 0 Å². The van der Waals surface area contributed by atoms with Crippen molar-refractivity contribution < 1.29 is 0 Å². The van der Waals surface area contributed by atoms with E-state index in [0.717, 1.165) is 16.6 Å². The average molecular weight is 270 g/mol. The summed E-state index contributed by atoms with van der Waals surface area (Å²) in [5.74, 6) is 0. The Morgan fingerprint density at radius 2 is 2.00 bits per heavy atom. The van der Waals surface area contributed by atoms with E-state index in [1.165, 1.54) is 0 Å². The maximum Gasteiger partial charge on any atom is 0.113 e. The van der Waals surface area contributed by atoms with Gasteiger partial charge in [-0.2, -0.15) is 0 Å². The zero-order valence-electron chi connectivity index (χ0n) is 10.2. The van der Waals surface area contributed by atoms with Gasteiger partial charge in [0.1, 0.15) is 5.52 Å². The lowest BCUT2D eigenvalue weighted by Crippen LogP contribution is -2.09. The number of para-hydroxylation sites is 1. The molecule has 0 saturated heterocycles. The minimum Gasteiger partial charge on any atom is -0.233 e. The molecule has 19 heavy (non-hydrogen) atoms. The summed E-state index contributed by atoms with van der Waals surface area (Å²) in [7, 11) is 0. The highest BCUT2D eigenvalue weighted by Gasteiger charge is 2.14. The molecule has 0 N–H and O–H groups in total. The molecule has 0 saturated carbocycles. The van der Waals surface area contributed by atoms with Gasteiger partial charge in [0.05, 0.1) is 11.6 Å². The fourth-order valence-electron chi connectivity index (χ4n) is 2.16. The van der Waals surface area contributed by atoms with Crippen LogP contribution < -0.4 is 0 Å². The summed E-state index contributed by atoms with van der Waals surface area (Å²) in [6, 6.07) is 15.5. The Bertz CT molecular complexity index is 733. The zero-order chi connectivity index (χ0) is 13.2. The Hall–Kier alpha value is -2.13. The lowest BCUT2D eigenvalue weighted by Gasteiger charge is -2.14. The highest BCUT2D eigenvalue weighted by Crippen LogP contribution is 2.24. The Morgan fingerprint density at radius 3 is 2.79 bits per heavy atom. The maximum absolute atomic E-state index is 6.05. The Labute approximate surface area is 116 Å². The number of fused-ring (bicyclic) bond motifs is 1. The van der Waals surface area contributed by atoms with E-state index in [2.05, 4.69) is 16.9 Å². The molecule has 0 radical (unpaired) electrons. The average Bonchev–Trinajstić information content (AvgIpc) is 2.84. The molecule has 94 valence electrons. The number of nitrogens with zero attached hydrogens (tertiary/aromatic N) is 3. The van der Waals surface area contributed by atoms with Crippen LogP contribution in [0.5, 0.6) is 0 Å². The van der Waals surface area contributed by atoms with Crippen LogP contribution >= 0.6 is 11.6 Å². The van der Waals surface area contributed by atoms with Crippen LogP contribution in [0.3, 0.4) is 0 Å². The molecule has 0 aliphatic carbocycles. The first kappa shape index (κ1) is 11.9. The molecule has 0 spiro atoms. The van der Waals surface area contributed by atoms with Crippen LogP contribution in [-0.2, 0) is 0 Å². The minimum absolute atomic E-state index is 0.0777. The maximum atomic E-state index is 6.05. The number of hydrogen-bond donors (Lipinski definition) is 0. The van der Waals surface area contributed by atoms with E-state index in [9.17, 15) is 0 Å². The van der Waals surface area contributed by atoms with Crippen molar-refractivity contribution in [2.24, 2.45) is 0 Å².